The Kier molecular flexibility index (Phi) is 7.65. The topological polar surface area (TPSA) is 109 Å². The van der Waals surface area contributed by atoms with Gasteiger partial charge in [0.05, 0.1) is 6.04 Å². The van der Waals surface area contributed by atoms with E-state index in [4.69, 9.17) is 4.74 Å². The lowest BCUT2D eigenvalue weighted by atomic mass is 9.91. The van der Waals surface area contributed by atoms with Crippen LogP contribution in [0.2, 0.25) is 0 Å². The highest BCUT2D eigenvalue weighted by molar-refractivity contribution is 6.02. The third kappa shape index (κ3) is 5.39. The van der Waals surface area contributed by atoms with Gasteiger partial charge in [-0.1, -0.05) is 37.6 Å². The molecular formula is C33H37N3O5. The van der Waals surface area contributed by atoms with Crippen LogP contribution in [0.15, 0.2) is 54.6 Å². The fourth-order valence-electron chi connectivity index (χ4n) is 7.15. The Hall–Kier alpha value is -3.94. The zero-order valence-electron chi connectivity index (χ0n) is 23.4. The van der Waals surface area contributed by atoms with E-state index < -0.39 is 12.1 Å². The van der Waals surface area contributed by atoms with Crippen molar-refractivity contribution in [2.24, 2.45) is 17.8 Å². The minimum absolute atomic E-state index is 0.0609. The summed E-state index contributed by atoms with van der Waals surface area (Å²) in [6.45, 7) is 2.29. The fourth-order valence-corrected chi connectivity index (χ4v) is 7.15. The number of benzene rings is 2. The van der Waals surface area contributed by atoms with Crippen LogP contribution < -0.4 is 10.1 Å². The zero-order chi connectivity index (χ0) is 28.5. The molecule has 2 aliphatic carbocycles. The van der Waals surface area contributed by atoms with Gasteiger partial charge < -0.3 is 19.9 Å². The van der Waals surface area contributed by atoms with Crippen molar-refractivity contribution in [3.8, 4) is 11.5 Å². The molecular weight excluding hydrogens is 518 g/mol. The summed E-state index contributed by atoms with van der Waals surface area (Å²) >= 11 is 0. The SMILES string of the molecule is CCC(=O)C(CC1CCCC1=O)NC(=O)C1C2CCCC2CN1C(=O)c1cc2c(Oc3ccccc3)cccc2[nH]1. The first-order valence-electron chi connectivity index (χ1n) is 14.9. The molecule has 5 atom stereocenters. The minimum atomic E-state index is -0.706. The molecule has 3 aromatic rings. The van der Waals surface area contributed by atoms with Crippen LogP contribution in [0, 0.1) is 17.8 Å². The summed E-state index contributed by atoms with van der Waals surface area (Å²) in [5.41, 5.74) is 1.18. The van der Waals surface area contributed by atoms with Gasteiger partial charge in [-0.05, 0) is 74.3 Å². The van der Waals surface area contributed by atoms with E-state index in [9.17, 15) is 19.2 Å². The van der Waals surface area contributed by atoms with Crippen LogP contribution in [-0.2, 0) is 14.4 Å². The number of ketones is 2. The van der Waals surface area contributed by atoms with Gasteiger partial charge in [0.2, 0.25) is 5.91 Å². The molecule has 2 heterocycles. The first-order chi connectivity index (χ1) is 19.9. The van der Waals surface area contributed by atoms with Crippen LogP contribution in [0.4, 0.5) is 0 Å². The van der Waals surface area contributed by atoms with Gasteiger partial charge in [0.25, 0.3) is 5.91 Å². The standard InChI is InChI=1S/C33H37N3O5/c1-2-28(37)26(17-20-9-7-15-29(20)38)35-32(39)31-23-13-6-10-21(23)19-36(31)33(40)27-18-24-25(34-27)14-8-16-30(24)41-22-11-4-3-5-12-22/h3-5,8,11-12,14,16,18,20-21,23,26,31,34H,2,6-7,9-10,13,15,17,19H2,1H3,(H,35,39). The van der Waals surface area contributed by atoms with Gasteiger partial charge >= 0.3 is 0 Å². The van der Waals surface area contributed by atoms with Crippen LogP contribution in [0.25, 0.3) is 10.9 Å². The molecule has 6 rings (SSSR count). The second-order valence-electron chi connectivity index (χ2n) is 11.7. The van der Waals surface area contributed by atoms with Gasteiger partial charge in [-0.2, -0.15) is 0 Å². The number of nitrogens with zero attached hydrogens (tertiary/aromatic N) is 1. The minimum Gasteiger partial charge on any atom is -0.457 e. The number of H-pyrrole nitrogens is 1. The van der Waals surface area contributed by atoms with Crippen molar-refractivity contribution in [3.63, 3.8) is 0 Å². The highest BCUT2D eigenvalue weighted by Gasteiger charge is 2.50. The summed E-state index contributed by atoms with van der Waals surface area (Å²) in [4.78, 5) is 58.0. The maximum absolute atomic E-state index is 14.0. The molecule has 8 nitrogen and oxygen atoms in total. The number of likely N-dealkylation sites (tertiary alicyclic amines) is 1. The first kappa shape index (κ1) is 27.2. The van der Waals surface area contributed by atoms with Crippen LogP contribution in [0.3, 0.4) is 0 Å². The predicted molar refractivity (Wildman–Crippen MR) is 155 cm³/mol. The second kappa shape index (κ2) is 11.5. The smallest absolute Gasteiger partial charge is 0.271 e. The highest BCUT2D eigenvalue weighted by Crippen LogP contribution is 2.43. The molecule has 2 amide bonds. The summed E-state index contributed by atoms with van der Waals surface area (Å²) in [5.74, 6) is 1.07. The van der Waals surface area contributed by atoms with E-state index in [1.807, 2.05) is 48.5 Å². The number of Topliss-reactive ketones (excluding diaryl/α,β-unsaturated/α-hetero) is 2. The normalized spacial score (nSPS) is 24.4. The van der Waals surface area contributed by atoms with Gasteiger partial charge in [0.1, 0.15) is 29.0 Å². The van der Waals surface area contributed by atoms with Gasteiger partial charge in [0.15, 0.2) is 5.78 Å². The Morgan fingerprint density at radius 2 is 1.88 bits per heavy atom. The van der Waals surface area contributed by atoms with Crippen molar-refractivity contribution in [3.05, 3.63) is 60.3 Å². The molecule has 2 saturated carbocycles. The molecule has 8 heteroatoms. The maximum Gasteiger partial charge on any atom is 0.271 e. The monoisotopic (exact) mass is 555 g/mol. The number of hydrogen-bond donors (Lipinski definition) is 2. The van der Waals surface area contributed by atoms with Gasteiger partial charge in [-0.25, -0.2) is 0 Å². The van der Waals surface area contributed by atoms with E-state index in [-0.39, 0.29) is 47.6 Å². The Balaban J connectivity index is 1.25. The van der Waals surface area contributed by atoms with Crippen molar-refractivity contribution >= 4 is 34.3 Å². The van der Waals surface area contributed by atoms with Crippen molar-refractivity contribution in [2.45, 2.75) is 70.4 Å². The predicted octanol–water partition coefficient (Wildman–Crippen LogP) is 5.42. The molecule has 41 heavy (non-hydrogen) atoms. The van der Waals surface area contributed by atoms with Crippen molar-refractivity contribution in [1.82, 2.24) is 15.2 Å². The lowest BCUT2D eigenvalue weighted by Gasteiger charge is -2.29. The van der Waals surface area contributed by atoms with Crippen LogP contribution in [0.1, 0.15) is 68.8 Å². The molecule has 3 fully saturated rings. The number of aromatic amines is 1. The molecule has 1 saturated heterocycles. The molecule has 2 N–H and O–H groups in total. The maximum atomic E-state index is 14.0. The number of para-hydroxylation sites is 1. The first-order valence-corrected chi connectivity index (χ1v) is 14.9. The van der Waals surface area contributed by atoms with Crippen molar-refractivity contribution < 1.29 is 23.9 Å². The Labute approximate surface area is 239 Å². The third-order valence-corrected chi connectivity index (χ3v) is 9.25. The second-order valence-corrected chi connectivity index (χ2v) is 11.7. The summed E-state index contributed by atoms with van der Waals surface area (Å²) in [6, 6.07) is 15.6. The lowest BCUT2D eigenvalue weighted by molar-refractivity contribution is -0.131. The van der Waals surface area contributed by atoms with Crippen molar-refractivity contribution in [2.75, 3.05) is 6.54 Å². The van der Waals surface area contributed by atoms with Crippen LogP contribution in [0.5, 0.6) is 11.5 Å². The molecule has 5 unspecified atom stereocenters. The summed E-state index contributed by atoms with van der Waals surface area (Å²) in [7, 11) is 0. The van der Waals surface area contributed by atoms with E-state index in [1.54, 1.807) is 17.9 Å². The van der Waals surface area contributed by atoms with Crippen LogP contribution >= 0.6 is 0 Å². The number of carbonyl (C=O) groups is 4. The van der Waals surface area contributed by atoms with E-state index in [2.05, 4.69) is 10.3 Å². The number of hydrogen-bond acceptors (Lipinski definition) is 5. The lowest BCUT2D eigenvalue weighted by Crippen LogP contribution is -2.53. The van der Waals surface area contributed by atoms with E-state index >= 15 is 0 Å². The molecule has 3 aliphatic rings. The number of rotatable bonds is 9. The largest absolute Gasteiger partial charge is 0.457 e. The average molecular weight is 556 g/mol. The highest BCUT2D eigenvalue weighted by atomic mass is 16.5. The Bertz CT molecular complexity index is 1460. The van der Waals surface area contributed by atoms with E-state index in [1.165, 1.54) is 0 Å². The van der Waals surface area contributed by atoms with Crippen LogP contribution in [-0.4, -0.2) is 51.9 Å². The number of carbonyl (C=O) groups excluding carboxylic acids is 4. The molecule has 0 bridgehead atoms. The Morgan fingerprint density at radius 3 is 2.63 bits per heavy atom. The molecule has 0 spiro atoms. The number of aromatic nitrogens is 1. The average Bonchev–Trinajstić information content (AvgIpc) is 3.77. The summed E-state index contributed by atoms with van der Waals surface area (Å²) in [5, 5.41) is 3.79. The van der Waals surface area contributed by atoms with E-state index in [0.717, 1.165) is 43.0 Å². The van der Waals surface area contributed by atoms with E-state index in [0.29, 0.717) is 36.6 Å². The number of fused-ring (bicyclic) bond motifs is 2. The Morgan fingerprint density at radius 1 is 1.05 bits per heavy atom. The van der Waals surface area contributed by atoms with Gasteiger partial charge in [-0.3, -0.25) is 19.2 Å². The van der Waals surface area contributed by atoms with Crippen molar-refractivity contribution in [1.29, 1.82) is 0 Å². The number of amides is 2. The summed E-state index contributed by atoms with van der Waals surface area (Å²) in [6.07, 6.45) is 5.66. The van der Waals surface area contributed by atoms with Gasteiger partial charge in [-0.15, -0.1) is 0 Å². The van der Waals surface area contributed by atoms with Gasteiger partial charge in [0, 0.05) is 36.2 Å². The molecule has 214 valence electrons. The fraction of sp³-hybridized carbons (Fsp3) is 0.455. The molecule has 2 aromatic carbocycles. The zero-order valence-corrected chi connectivity index (χ0v) is 23.4. The molecule has 0 radical (unpaired) electrons. The summed E-state index contributed by atoms with van der Waals surface area (Å²) < 4.78 is 6.10. The number of nitrogens with one attached hydrogen (secondary N) is 2. The molecule has 1 aromatic heterocycles. The number of ether oxygens (including phenoxy) is 1. The quantitative estimate of drug-likeness (QED) is 0.366. The third-order valence-electron chi connectivity index (χ3n) is 9.25. The molecule has 1 aliphatic heterocycles.